The third kappa shape index (κ3) is 3.16. The average Bonchev–Trinajstić information content (AvgIpc) is 2.18. The van der Waals surface area contributed by atoms with Crippen molar-refractivity contribution in [2.75, 3.05) is 0 Å². The average molecular weight is 272 g/mol. The van der Waals surface area contributed by atoms with Crippen molar-refractivity contribution in [2.24, 2.45) is 0 Å². The Morgan fingerprint density at radius 1 is 1.29 bits per heavy atom. The third-order valence-electron chi connectivity index (χ3n) is 1.92. The molecule has 0 heterocycles. The highest BCUT2D eigenvalue weighted by molar-refractivity contribution is 7.87. The largest absolute Gasteiger partial charge is 0.523 e. The van der Waals surface area contributed by atoms with Crippen LogP contribution in [0.15, 0.2) is 18.2 Å². The first-order chi connectivity index (χ1) is 7.65. The lowest BCUT2D eigenvalue weighted by atomic mass is 10.1. The van der Waals surface area contributed by atoms with Gasteiger partial charge in [-0.15, -0.1) is 0 Å². The maximum Gasteiger partial charge on any atom is 0.523 e. The summed E-state index contributed by atoms with van der Waals surface area (Å²) in [6.07, 6.45) is 0. The van der Waals surface area contributed by atoms with Crippen LogP contribution in [0.3, 0.4) is 0 Å². The molecule has 1 rings (SSSR count). The predicted molar refractivity (Wildman–Crippen MR) is 50.9 cm³/mol. The zero-order valence-corrected chi connectivity index (χ0v) is 9.40. The lowest BCUT2D eigenvalue weighted by Crippen LogP contribution is -2.25. The molecule has 0 N–H and O–H groups in total. The Hall–Kier alpha value is -1.15. The third-order valence-corrected chi connectivity index (χ3v) is 2.92. The number of alkyl halides is 3. The minimum atomic E-state index is -5.69. The van der Waals surface area contributed by atoms with E-state index in [1.165, 1.54) is 19.1 Å². The van der Waals surface area contributed by atoms with Gasteiger partial charge in [0.25, 0.3) is 0 Å². The lowest BCUT2D eigenvalue weighted by molar-refractivity contribution is -0.0548. The molecule has 0 atom stereocenters. The number of halogens is 4. The SMILES string of the molecule is Cc1cccc(COS(=O)(=O)C(F)(F)F)c1F. The minimum Gasteiger partial charge on any atom is -0.258 e. The van der Waals surface area contributed by atoms with E-state index in [4.69, 9.17) is 0 Å². The van der Waals surface area contributed by atoms with Gasteiger partial charge in [0.2, 0.25) is 0 Å². The van der Waals surface area contributed by atoms with Crippen LogP contribution in [0, 0.1) is 12.7 Å². The van der Waals surface area contributed by atoms with Gasteiger partial charge in [-0.1, -0.05) is 18.2 Å². The van der Waals surface area contributed by atoms with Crippen molar-refractivity contribution in [1.82, 2.24) is 0 Å². The molecule has 0 spiro atoms. The fraction of sp³-hybridized carbons (Fsp3) is 0.333. The Kier molecular flexibility index (Phi) is 3.78. The molecule has 0 amide bonds. The molecule has 0 radical (unpaired) electrons. The standard InChI is InChI=1S/C9H8F4O3S/c1-6-3-2-4-7(8(6)10)5-16-17(14,15)9(11,12)13/h2-4H,5H2,1H3. The molecule has 8 heteroatoms. The van der Waals surface area contributed by atoms with Gasteiger partial charge in [-0.05, 0) is 12.5 Å². The normalized spacial score (nSPS) is 12.8. The molecule has 17 heavy (non-hydrogen) atoms. The zero-order valence-electron chi connectivity index (χ0n) is 8.58. The van der Waals surface area contributed by atoms with Gasteiger partial charge in [-0.25, -0.2) is 4.39 Å². The second-order valence-electron chi connectivity index (χ2n) is 3.21. The molecule has 0 aliphatic rings. The van der Waals surface area contributed by atoms with Crippen LogP contribution in [0.4, 0.5) is 17.6 Å². The zero-order chi connectivity index (χ0) is 13.3. The van der Waals surface area contributed by atoms with E-state index in [0.29, 0.717) is 0 Å². The first-order valence-corrected chi connectivity index (χ1v) is 5.75. The van der Waals surface area contributed by atoms with Crippen molar-refractivity contribution < 1.29 is 30.2 Å². The molecule has 0 unspecified atom stereocenters. The van der Waals surface area contributed by atoms with Gasteiger partial charge in [0.05, 0.1) is 6.61 Å². The van der Waals surface area contributed by atoms with E-state index in [2.05, 4.69) is 4.18 Å². The fourth-order valence-electron chi connectivity index (χ4n) is 1.03. The number of hydrogen-bond acceptors (Lipinski definition) is 3. The second-order valence-corrected chi connectivity index (χ2v) is 4.82. The molecule has 1 aromatic carbocycles. The first kappa shape index (κ1) is 13.9. The highest BCUT2D eigenvalue weighted by Crippen LogP contribution is 2.26. The quantitative estimate of drug-likeness (QED) is 0.482. The summed E-state index contributed by atoms with van der Waals surface area (Å²) in [6, 6.07) is 3.93. The molecule has 0 bridgehead atoms. The summed E-state index contributed by atoms with van der Waals surface area (Å²) in [5, 5.41) is 0. The van der Waals surface area contributed by atoms with E-state index in [1.54, 1.807) is 0 Å². The van der Waals surface area contributed by atoms with Gasteiger partial charge in [-0.3, -0.25) is 4.18 Å². The van der Waals surface area contributed by atoms with Crippen LogP contribution in [0.25, 0.3) is 0 Å². The van der Waals surface area contributed by atoms with E-state index in [9.17, 15) is 26.0 Å². The van der Waals surface area contributed by atoms with Crippen LogP contribution < -0.4 is 0 Å². The van der Waals surface area contributed by atoms with Crippen molar-refractivity contribution in [3.8, 4) is 0 Å². The summed E-state index contributed by atoms with van der Waals surface area (Å²) in [4.78, 5) is 0. The minimum absolute atomic E-state index is 0.190. The molecule has 96 valence electrons. The van der Waals surface area contributed by atoms with Gasteiger partial charge in [0.15, 0.2) is 0 Å². The van der Waals surface area contributed by atoms with Crippen molar-refractivity contribution in [2.45, 2.75) is 19.0 Å². The van der Waals surface area contributed by atoms with E-state index < -0.39 is 28.1 Å². The Morgan fingerprint density at radius 2 is 1.88 bits per heavy atom. The van der Waals surface area contributed by atoms with E-state index in [0.717, 1.165) is 6.07 Å². The molecule has 0 aliphatic heterocycles. The lowest BCUT2D eigenvalue weighted by Gasteiger charge is -2.09. The number of aryl methyl sites for hydroxylation is 1. The summed E-state index contributed by atoms with van der Waals surface area (Å²) in [5.41, 5.74) is -5.57. The van der Waals surface area contributed by atoms with Gasteiger partial charge < -0.3 is 0 Å². The van der Waals surface area contributed by atoms with Crippen molar-refractivity contribution in [1.29, 1.82) is 0 Å². The summed E-state index contributed by atoms with van der Waals surface area (Å²) >= 11 is 0. The van der Waals surface area contributed by atoms with Gasteiger partial charge in [-0.2, -0.15) is 21.6 Å². The topological polar surface area (TPSA) is 43.4 Å². The van der Waals surface area contributed by atoms with E-state index in [-0.39, 0.29) is 11.1 Å². The first-order valence-electron chi connectivity index (χ1n) is 4.35. The molecule has 0 fully saturated rings. The molecule has 0 aliphatic carbocycles. The van der Waals surface area contributed by atoms with Crippen molar-refractivity contribution >= 4 is 10.1 Å². The number of benzene rings is 1. The Labute approximate surface area is 95.1 Å². The summed E-state index contributed by atoms with van der Waals surface area (Å²) < 4.78 is 73.9. The highest BCUT2D eigenvalue weighted by atomic mass is 32.2. The van der Waals surface area contributed by atoms with Crippen molar-refractivity contribution in [3.63, 3.8) is 0 Å². The molecule has 0 aromatic heterocycles. The monoisotopic (exact) mass is 272 g/mol. The van der Waals surface area contributed by atoms with Crippen LogP contribution in [0.5, 0.6) is 0 Å². The summed E-state index contributed by atoms with van der Waals surface area (Å²) in [5.74, 6) is -0.787. The molecule has 0 saturated carbocycles. The highest BCUT2D eigenvalue weighted by Gasteiger charge is 2.47. The molecule has 1 aromatic rings. The van der Waals surface area contributed by atoms with Crippen LogP contribution >= 0.6 is 0 Å². The van der Waals surface area contributed by atoms with Crippen LogP contribution in [-0.2, 0) is 20.9 Å². The maximum atomic E-state index is 13.3. The number of hydrogen-bond donors (Lipinski definition) is 0. The summed E-state index contributed by atoms with van der Waals surface area (Å²) in [7, 11) is -5.69. The molecular formula is C9H8F4O3S. The van der Waals surface area contributed by atoms with Crippen molar-refractivity contribution in [3.05, 3.63) is 35.1 Å². The molecule has 3 nitrogen and oxygen atoms in total. The van der Waals surface area contributed by atoms with Gasteiger partial charge in [0.1, 0.15) is 5.82 Å². The van der Waals surface area contributed by atoms with Gasteiger partial charge >= 0.3 is 15.6 Å². The smallest absolute Gasteiger partial charge is 0.258 e. The Balaban J connectivity index is 2.86. The maximum absolute atomic E-state index is 13.3. The number of rotatable bonds is 3. The fourth-order valence-corrected chi connectivity index (χ4v) is 1.44. The van der Waals surface area contributed by atoms with E-state index >= 15 is 0 Å². The Morgan fingerprint density at radius 3 is 2.41 bits per heavy atom. The predicted octanol–water partition coefficient (Wildman–Crippen LogP) is 2.50. The van der Waals surface area contributed by atoms with E-state index in [1.807, 2.05) is 0 Å². The molecular weight excluding hydrogens is 264 g/mol. The van der Waals surface area contributed by atoms with Crippen LogP contribution in [-0.4, -0.2) is 13.9 Å². The van der Waals surface area contributed by atoms with Gasteiger partial charge in [0, 0.05) is 5.56 Å². The molecule has 0 saturated heterocycles. The summed E-state index contributed by atoms with van der Waals surface area (Å²) in [6.45, 7) is 0.409. The van der Waals surface area contributed by atoms with Crippen LogP contribution in [0.1, 0.15) is 11.1 Å². The Bertz CT molecular complexity index is 507. The van der Waals surface area contributed by atoms with Crippen LogP contribution in [0.2, 0.25) is 0 Å². The second kappa shape index (κ2) is 4.61.